The van der Waals surface area contributed by atoms with Gasteiger partial charge in [-0.3, -0.25) is 9.89 Å². The van der Waals surface area contributed by atoms with Crippen molar-refractivity contribution in [3.05, 3.63) is 47.3 Å². The molecule has 1 fully saturated rings. The highest BCUT2D eigenvalue weighted by Crippen LogP contribution is 2.28. The minimum absolute atomic E-state index is 0.174. The van der Waals surface area contributed by atoms with E-state index >= 15 is 0 Å². The van der Waals surface area contributed by atoms with Crippen LogP contribution in [0.2, 0.25) is 0 Å². The number of methoxy groups -OCH3 is 1. The zero-order valence-corrected chi connectivity index (χ0v) is 13.0. The second-order valence-electron chi connectivity index (χ2n) is 5.82. The number of aromatic amines is 1. The van der Waals surface area contributed by atoms with Crippen LogP contribution in [-0.2, 0) is 11.2 Å². The number of benzene rings is 1. The van der Waals surface area contributed by atoms with Gasteiger partial charge in [0, 0.05) is 24.7 Å². The first-order chi connectivity index (χ1) is 10.7. The van der Waals surface area contributed by atoms with Crippen LogP contribution in [-0.4, -0.2) is 41.2 Å². The molecular formula is C17H21N3O2. The molecule has 0 radical (unpaired) electrons. The topological polar surface area (TPSA) is 58.2 Å². The number of hydrogen-bond donors (Lipinski definition) is 1. The standard InChI is InChI=1S/C17H21N3O2/c1-12-10-18-19-17(12)14-6-7-20(11-14)16(21)9-13-4-3-5-15(8-13)22-2/h3-5,8,10,14H,6-7,9,11H2,1-2H3,(H,18,19)/t14-/m1/s1. The number of amides is 1. The molecule has 5 nitrogen and oxygen atoms in total. The fraction of sp³-hybridized carbons (Fsp3) is 0.412. The third-order valence-electron chi connectivity index (χ3n) is 4.31. The van der Waals surface area contributed by atoms with Crippen LogP contribution in [0.3, 0.4) is 0 Å². The van der Waals surface area contributed by atoms with Crippen molar-refractivity contribution >= 4 is 5.91 Å². The van der Waals surface area contributed by atoms with Crippen LogP contribution in [0.15, 0.2) is 30.5 Å². The molecule has 0 bridgehead atoms. The Bertz CT molecular complexity index is 665. The lowest BCUT2D eigenvalue weighted by Gasteiger charge is -2.16. The molecule has 22 heavy (non-hydrogen) atoms. The smallest absolute Gasteiger partial charge is 0.227 e. The van der Waals surface area contributed by atoms with Crippen molar-refractivity contribution in [3.63, 3.8) is 0 Å². The highest BCUT2D eigenvalue weighted by atomic mass is 16.5. The number of carbonyl (C=O) groups is 1. The minimum Gasteiger partial charge on any atom is -0.497 e. The van der Waals surface area contributed by atoms with E-state index in [2.05, 4.69) is 17.1 Å². The predicted molar refractivity (Wildman–Crippen MR) is 84.0 cm³/mol. The highest BCUT2D eigenvalue weighted by Gasteiger charge is 2.29. The highest BCUT2D eigenvalue weighted by molar-refractivity contribution is 5.79. The van der Waals surface area contributed by atoms with Gasteiger partial charge in [0.25, 0.3) is 0 Å². The number of H-pyrrole nitrogens is 1. The number of aromatic nitrogens is 2. The van der Waals surface area contributed by atoms with Crippen LogP contribution in [0, 0.1) is 6.92 Å². The van der Waals surface area contributed by atoms with Gasteiger partial charge < -0.3 is 9.64 Å². The van der Waals surface area contributed by atoms with Crippen LogP contribution >= 0.6 is 0 Å². The van der Waals surface area contributed by atoms with Crippen molar-refractivity contribution in [2.24, 2.45) is 0 Å². The first-order valence-electron chi connectivity index (χ1n) is 7.58. The molecular weight excluding hydrogens is 278 g/mol. The van der Waals surface area contributed by atoms with Crippen LogP contribution < -0.4 is 4.74 Å². The van der Waals surface area contributed by atoms with Gasteiger partial charge in [-0.1, -0.05) is 12.1 Å². The maximum Gasteiger partial charge on any atom is 0.227 e. The summed E-state index contributed by atoms with van der Waals surface area (Å²) in [5.41, 5.74) is 3.33. The van der Waals surface area contributed by atoms with Gasteiger partial charge in [0.2, 0.25) is 5.91 Å². The first-order valence-corrected chi connectivity index (χ1v) is 7.58. The van der Waals surface area contributed by atoms with Gasteiger partial charge in [0.1, 0.15) is 5.75 Å². The maximum absolute atomic E-state index is 12.5. The van der Waals surface area contributed by atoms with E-state index in [4.69, 9.17) is 4.74 Å². The summed E-state index contributed by atoms with van der Waals surface area (Å²) < 4.78 is 5.21. The number of nitrogens with one attached hydrogen (secondary N) is 1. The lowest BCUT2D eigenvalue weighted by Crippen LogP contribution is -2.30. The van der Waals surface area contributed by atoms with Gasteiger partial charge in [-0.25, -0.2) is 0 Å². The van der Waals surface area contributed by atoms with Crippen LogP contribution in [0.5, 0.6) is 5.75 Å². The van der Waals surface area contributed by atoms with Gasteiger partial charge >= 0.3 is 0 Å². The van der Waals surface area contributed by atoms with Gasteiger partial charge in [0.15, 0.2) is 0 Å². The van der Waals surface area contributed by atoms with Crippen LogP contribution in [0.25, 0.3) is 0 Å². The normalized spacial score (nSPS) is 17.7. The zero-order chi connectivity index (χ0) is 15.5. The summed E-state index contributed by atoms with van der Waals surface area (Å²) in [5.74, 6) is 1.34. The molecule has 0 aliphatic carbocycles. The van der Waals surface area contributed by atoms with E-state index in [1.54, 1.807) is 7.11 Å². The Balaban J connectivity index is 1.63. The first kappa shape index (κ1) is 14.6. The summed E-state index contributed by atoms with van der Waals surface area (Å²) in [6.07, 6.45) is 3.26. The largest absolute Gasteiger partial charge is 0.497 e. The molecule has 0 saturated carbocycles. The quantitative estimate of drug-likeness (QED) is 0.942. The van der Waals surface area contributed by atoms with Crippen molar-refractivity contribution in [1.82, 2.24) is 15.1 Å². The van der Waals surface area contributed by atoms with Crippen molar-refractivity contribution in [1.29, 1.82) is 0 Å². The zero-order valence-electron chi connectivity index (χ0n) is 13.0. The maximum atomic E-state index is 12.5. The molecule has 1 atom stereocenters. The second-order valence-corrected chi connectivity index (χ2v) is 5.82. The average molecular weight is 299 g/mol. The van der Waals surface area contributed by atoms with E-state index in [1.165, 1.54) is 5.56 Å². The van der Waals surface area contributed by atoms with Gasteiger partial charge in [-0.2, -0.15) is 5.10 Å². The molecule has 3 rings (SSSR count). The summed E-state index contributed by atoms with van der Waals surface area (Å²) >= 11 is 0. The number of hydrogen-bond acceptors (Lipinski definition) is 3. The summed E-state index contributed by atoms with van der Waals surface area (Å²) in [6, 6.07) is 7.70. The van der Waals surface area contributed by atoms with Gasteiger partial charge in [0.05, 0.1) is 19.7 Å². The molecule has 5 heteroatoms. The van der Waals surface area contributed by atoms with E-state index in [1.807, 2.05) is 35.4 Å². The minimum atomic E-state index is 0.174. The van der Waals surface area contributed by atoms with E-state index in [9.17, 15) is 4.79 Å². The van der Waals surface area contributed by atoms with E-state index in [-0.39, 0.29) is 5.91 Å². The molecule has 1 aromatic carbocycles. The van der Waals surface area contributed by atoms with E-state index in [0.29, 0.717) is 12.3 Å². The lowest BCUT2D eigenvalue weighted by molar-refractivity contribution is -0.129. The number of aryl methyl sites for hydroxylation is 1. The number of likely N-dealkylation sites (tertiary alicyclic amines) is 1. The molecule has 1 saturated heterocycles. The fourth-order valence-corrected chi connectivity index (χ4v) is 3.06. The molecule has 1 aliphatic rings. The Morgan fingerprint density at radius 3 is 3.09 bits per heavy atom. The number of carbonyl (C=O) groups excluding carboxylic acids is 1. The summed E-state index contributed by atoms with van der Waals surface area (Å²) in [5, 5.41) is 7.15. The molecule has 0 spiro atoms. The summed E-state index contributed by atoms with van der Waals surface area (Å²) in [4.78, 5) is 14.4. The van der Waals surface area contributed by atoms with E-state index in [0.717, 1.165) is 36.5 Å². The predicted octanol–water partition coefficient (Wildman–Crippen LogP) is 2.29. The van der Waals surface area contributed by atoms with Crippen molar-refractivity contribution < 1.29 is 9.53 Å². The molecule has 116 valence electrons. The molecule has 1 aromatic heterocycles. The molecule has 1 N–H and O–H groups in total. The van der Waals surface area contributed by atoms with Crippen LogP contribution in [0.4, 0.5) is 0 Å². The second kappa shape index (κ2) is 6.22. The third kappa shape index (κ3) is 2.98. The third-order valence-corrected chi connectivity index (χ3v) is 4.31. The average Bonchev–Trinajstić information content (AvgIpc) is 3.16. The van der Waals surface area contributed by atoms with Crippen molar-refractivity contribution in [2.75, 3.05) is 20.2 Å². The lowest BCUT2D eigenvalue weighted by atomic mass is 10.0. The molecule has 0 unspecified atom stereocenters. The monoisotopic (exact) mass is 299 g/mol. The van der Waals surface area contributed by atoms with Gasteiger partial charge in [-0.15, -0.1) is 0 Å². The Hall–Kier alpha value is -2.30. The summed E-state index contributed by atoms with van der Waals surface area (Å²) in [6.45, 7) is 3.64. The fourth-order valence-electron chi connectivity index (χ4n) is 3.06. The number of ether oxygens (including phenoxy) is 1. The van der Waals surface area contributed by atoms with Gasteiger partial charge in [-0.05, 0) is 36.6 Å². The summed E-state index contributed by atoms with van der Waals surface area (Å²) in [7, 11) is 1.64. The van der Waals surface area contributed by atoms with Crippen LogP contribution in [0.1, 0.15) is 29.2 Å². The Kier molecular flexibility index (Phi) is 4.13. The molecule has 1 amide bonds. The SMILES string of the molecule is COc1cccc(CC(=O)N2CC[C@@H](c3[nH]ncc3C)C2)c1. The molecule has 1 aliphatic heterocycles. The Labute approximate surface area is 130 Å². The number of rotatable bonds is 4. The molecule has 2 aromatic rings. The number of nitrogens with zero attached hydrogens (tertiary/aromatic N) is 2. The van der Waals surface area contributed by atoms with Crippen molar-refractivity contribution in [2.45, 2.75) is 25.7 Å². The van der Waals surface area contributed by atoms with Crippen molar-refractivity contribution in [3.8, 4) is 5.75 Å². The van der Waals surface area contributed by atoms with E-state index < -0.39 is 0 Å². The Morgan fingerprint density at radius 2 is 2.36 bits per heavy atom. The molecule has 2 heterocycles. The Morgan fingerprint density at radius 1 is 1.50 bits per heavy atom.